The summed E-state index contributed by atoms with van der Waals surface area (Å²) in [6, 6.07) is 21.7. The zero-order valence-corrected chi connectivity index (χ0v) is 12.7. The standard InChI is InChI=1S/C22H20/c1-3-9-17(10-4-1)21-15-19-13-7-8-14-20(19)16-22(21)18-11-5-2-6-12-18/h1-7,9-13,15,20H,8,14,16H2. The van der Waals surface area contributed by atoms with Gasteiger partial charge in [0.05, 0.1) is 0 Å². The van der Waals surface area contributed by atoms with E-state index in [0.29, 0.717) is 5.92 Å². The molecule has 2 aromatic rings. The van der Waals surface area contributed by atoms with Crippen molar-refractivity contribution in [1.82, 2.24) is 0 Å². The minimum atomic E-state index is 0.688. The smallest absolute Gasteiger partial charge is 0.0118 e. The number of fused-ring (bicyclic) bond motifs is 1. The third-order valence-corrected chi connectivity index (χ3v) is 4.76. The van der Waals surface area contributed by atoms with Crippen LogP contribution in [0.2, 0.25) is 0 Å². The average molecular weight is 284 g/mol. The van der Waals surface area contributed by atoms with E-state index < -0.39 is 0 Å². The maximum Gasteiger partial charge on any atom is -0.0118 e. The first kappa shape index (κ1) is 13.3. The lowest BCUT2D eigenvalue weighted by Crippen LogP contribution is -2.12. The van der Waals surface area contributed by atoms with Gasteiger partial charge >= 0.3 is 0 Å². The third kappa shape index (κ3) is 2.46. The van der Waals surface area contributed by atoms with Gasteiger partial charge in [0, 0.05) is 0 Å². The van der Waals surface area contributed by atoms with Crippen molar-refractivity contribution in [3.05, 3.63) is 95.6 Å². The molecule has 1 unspecified atom stereocenters. The fourth-order valence-electron chi connectivity index (χ4n) is 3.60. The number of allylic oxidation sites excluding steroid dienone is 6. The molecule has 22 heavy (non-hydrogen) atoms. The Balaban J connectivity index is 1.89. The van der Waals surface area contributed by atoms with Gasteiger partial charge in [-0.3, -0.25) is 0 Å². The highest BCUT2D eigenvalue weighted by molar-refractivity contribution is 5.97. The number of hydrogen-bond acceptors (Lipinski definition) is 0. The van der Waals surface area contributed by atoms with Crippen LogP contribution in [0.3, 0.4) is 0 Å². The molecule has 0 bridgehead atoms. The second kappa shape index (κ2) is 5.81. The Morgan fingerprint density at radius 2 is 1.45 bits per heavy atom. The van der Waals surface area contributed by atoms with Gasteiger partial charge in [0.1, 0.15) is 0 Å². The molecule has 0 aliphatic heterocycles. The van der Waals surface area contributed by atoms with Crippen LogP contribution in [0.1, 0.15) is 30.4 Å². The SMILES string of the molecule is C1=CC2=CC(c3ccccc3)=C(c3ccccc3)CC2CC1. The van der Waals surface area contributed by atoms with Gasteiger partial charge in [0.25, 0.3) is 0 Å². The zero-order valence-electron chi connectivity index (χ0n) is 12.7. The summed E-state index contributed by atoms with van der Waals surface area (Å²) in [6.45, 7) is 0. The molecule has 0 heteroatoms. The van der Waals surface area contributed by atoms with E-state index in [1.807, 2.05) is 0 Å². The topological polar surface area (TPSA) is 0 Å². The first-order chi connectivity index (χ1) is 10.9. The Morgan fingerprint density at radius 3 is 2.18 bits per heavy atom. The van der Waals surface area contributed by atoms with Gasteiger partial charge in [-0.1, -0.05) is 78.9 Å². The molecule has 1 atom stereocenters. The molecule has 2 aromatic carbocycles. The molecule has 0 spiro atoms. The fraction of sp³-hybridized carbons (Fsp3) is 0.182. The highest BCUT2D eigenvalue weighted by Gasteiger charge is 2.24. The quantitative estimate of drug-likeness (QED) is 0.644. The normalized spacial score (nSPS) is 20.5. The van der Waals surface area contributed by atoms with Crippen molar-refractivity contribution in [2.45, 2.75) is 19.3 Å². The van der Waals surface area contributed by atoms with Gasteiger partial charge in [-0.15, -0.1) is 0 Å². The average Bonchev–Trinajstić information content (AvgIpc) is 2.62. The Bertz CT molecular complexity index is 745. The minimum absolute atomic E-state index is 0.688. The molecule has 0 amide bonds. The molecule has 0 N–H and O–H groups in total. The number of rotatable bonds is 2. The zero-order chi connectivity index (χ0) is 14.8. The van der Waals surface area contributed by atoms with Gasteiger partial charge in [0.2, 0.25) is 0 Å². The van der Waals surface area contributed by atoms with Gasteiger partial charge in [0.15, 0.2) is 0 Å². The largest absolute Gasteiger partial charge is 0.0842 e. The molecule has 2 aliphatic carbocycles. The van der Waals surface area contributed by atoms with Crippen molar-refractivity contribution in [2.24, 2.45) is 5.92 Å². The summed E-state index contributed by atoms with van der Waals surface area (Å²) < 4.78 is 0. The first-order valence-corrected chi connectivity index (χ1v) is 8.14. The van der Waals surface area contributed by atoms with Crippen molar-refractivity contribution in [1.29, 1.82) is 0 Å². The molecule has 2 aliphatic rings. The maximum absolute atomic E-state index is 2.42. The van der Waals surface area contributed by atoms with Crippen molar-refractivity contribution in [2.75, 3.05) is 0 Å². The molecular formula is C22H20. The van der Waals surface area contributed by atoms with Crippen molar-refractivity contribution in [3.8, 4) is 0 Å². The molecule has 0 radical (unpaired) electrons. The molecule has 108 valence electrons. The van der Waals surface area contributed by atoms with Crippen molar-refractivity contribution < 1.29 is 0 Å². The molecule has 0 heterocycles. The lowest BCUT2D eigenvalue weighted by molar-refractivity contribution is 0.574. The van der Waals surface area contributed by atoms with E-state index in [-0.39, 0.29) is 0 Å². The molecule has 0 nitrogen and oxygen atoms in total. The monoisotopic (exact) mass is 284 g/mol. The molecule has 0 saturated heterocycles. The Morgan fingerprint density at radius 1 is 0.773 bits per heavy atom. The molecule has 4 rings (SSSR count). The third-order valence-electron chi connectivity index (χ3n) is 4.76. The van der Waals surface area contributed by atoms with Crippen LogP contribution < -0.4 is 0 Å². The van der Waals surface area contributed by atoms with E-state index >= 15 is 0 Å². The lowest BCUT2D eigenvalue weighted by atomic mass is 9.75. The predicted octanol–water partition coefficient (Wildman–Crippen LogP) is 5.89. The maximum atomic E-state index is 2.42. The highest BCUT2D eigenvalue weighted by atomic mass is 14.3. The van der Waals surface area contributed by atoms with E-state index in [2.05, 4.69) is 78.9 Å². The second-order valence-electron chi connectivity index (χ2n) is 6.15. The van der Waals surface area contributed by atoms with Gasteiger partial charge in [-0.05, 0) is 53.0 Å². The van der Waals surface area contributed by atoms with Crippen molar-refractivity contribution in [3.63, 3.8) is 0 Å². The van der Waals surface area contributed by atoms with Crippen LogP contribution >= 0.6 is 0 Å². The Hall–Kier alpha value is -2.34. The molecule has 0 saturated carbocycles. The van der Waals surface area contributed by atoms with Crippen LogP contribution in [0.4, 0.5) is 0 Å². The summed E-state index contributed by atoms with van der Waals surface area (Å²) in [5.41, 5.74) is 7.09. The van der Waals surface area contributed by atoms with Gasteiger partial charge in [-0.2, -0.15) is 0 Å². The summed E-state index contributed by atoms with van der Waals surface area (Å²) in [4.78, 5) is 0. The molecular weight excluding hydrogens is 264 g/mol. The lowest BCUT2D eigenvalue weighted by Gasteiger charge is -2.29. The van der Waals surface area contributed by atoms with E-state index in [1.54, 1.807) is 0 Å². The van der Waals surface area contributed by atoms with Crippen LogP contribution in [0.5, 0.6) is 0 Å². The Labute approximate surface area is 132 Å². The first-order valence-electron chi connectivity index (χ1n) is 8.14. The predicted molar refractivity (Wildman–Crippen MR) is 94.3 cm³/mol. The van der Waals surface area contributed by atoms with Crippen molar-refractivity contribution >= 4 is 11.1 Å². The number of hydrogen-bond donors (Lipinski definition) is 0. The van der Waals surface area contributed by atoms with Crippen LogP contribution in [0.25, 0.3) is 11.1 Å². The van der Waals surface area contributed by atoms with Crippen LogP contribution in [0.15, 0.2) is 84.5 Å². The van der Waals surface area contributed by atoms with Crippen LogP contribution in [-0.2, 0) is 0 Å². The molecule has 0 aromatic heterocycles. The highest BCUT2D eigenvalue weighted by Crippen LogP contribution is 2.43. The second-order valence-corrected chi connectivity index (χ2v) is 6.15. The number of benzene rings is 2. The fourth-order valence-corrected chi connectivity index (χ4v) is 3.60. The van der Waals surface area contributed by atoms with Gasteiger partial charge in [-0.25, -0.2) is 0 Å². The van der Waals surface area contributed by atoms with E-state index in [4.69, 9.17) is 0 Å². The van der Waals surface area contributed by atoms with Crippen LogP contribution in [0, 0.1) is 5.92 Å². The summed E-state index contributed by atoms with van der Waals surface area (Å²) in [5.74, 6) is 0.688. The summed E-state index contributed by atoms with van der Waals surface area (Å²) in [7, 11) is 0. The summed E-state index contributed by atoms with van der Waals surface area (Å²) in [6.07, 6.45) is 10.7. The Kier molecular flexibility index (Phi) is 3.52. The summed E-state index contributed by atoms with van der Waals surface area (Å²) in [5, 5.41) is 0. The van der Waals surface area contributed by atoms with E-state index in [1.165, 1.54) is 40.7 Å². The van der Waals surface area contributed by atoms with Crippen LogP contribution in [-0.4, -0.2) is 0 Å². The van der Waals surface area contributed by atoms with E-state index in [9.17, 15) is 0 Å². The summed E-state index contributed by atoms with van der Waals surface area (Å²) >= 11 is 0. The van der Waals surface area contributed by atoms with Gasteiger partial charge < -0.3 is 0 Å². The minimum Gasteiger partial charge on any atom is -0.0842 e. The van der Waals surface area contributed by atoms with E-state index in [0.717, 1.165) is 6.42 Å². The molecule has 0 fully saturated rings.